The molecule has 0 amide bonds. The summed E-state index contributed by atoms with van der Waals surface area (Å²) in [6.45, 7) is 6.92. The number of hydrogen-bond donors (Lipinski definition) is 1. The predicted molar refractivity (Wildman–Crippen MR) is 126 cm³/mol. The number of carboxylic acid groups (broad SMARTS) is 1. The van der Waals surface area contributed by atoms with E-state index in [1.165, 1.54) is 25.1 Å². The zero-order chi connectivity index (χ0) is 23.3. The SMILES string of the molecule is CC(C)(C)[C@@H]1Cn2nc(-c3ccccc3OC3CCCC3)cc2-c2cc(=O)c(C(=O)O)cn21. The van der Waals surface area contributed by atoms with Gasteiger partial charge in [-0.25, -0.2) is 4.79 Å². The van der Waals surface area contributed by atoms with Crippen LogP contribution < -0.4 is 10.2 Å². The number of aromatic nitrogens is 3. The van der Waals surface area contributed by atoms with Gasteiger partial charge >= 0.3 is 5.97 Å². The van der Waals surface area contributed by atoms with E-state index >= 15 is 0 Å². The minimum atomic E-state index is -1.21. The van der Waals surface area contributed by atoms with E-state index in [1.807, 2.05) is 39.6 Å². The summed E-state index contributed by atoms with van der Waals surface area (Å²) in [5.74, 6) is -0.383. The Kier molecular flexibility index (Phi) is 5.15. The van der Waals surface area contributed by atoms with Crippen LogP contribution in [0.2, 0.25) is 0 Å². The van der Waals surface area contributed by atoms with Gasteiger partial charge in [0.15, 0.2) is 5.43 Å². The second kappa shape index (κ2) is 7.90. The second-order valence-corrected chi connectivity index (χ2v) is 10.1. The number of nitrogens with zero attached hydrogens (tertiary/aromatic N) is 3. The number of fused-ring (bicyclic) bond motifs is 3. The molecule has 1 aliphatic heterocycles. The largest absolute Gasteiger partial charge is 0.490 e. The van der Waals surface area contributed by atoms with Crippen molar-refractivity contribution in [2.45, 2.75) is 65.1 Å². The Balaban J connectivity index is 1.63. The molecule has 1 saturated carbocycles. The second-order valence-electron chi connectivity index (χ2n) is 10.1. The lowest BCUT2D eigenvalue weighted by molar-refractivity contribution is 0.0693. The summed E-state index contributed by atoms with van der Waals surface area (Å²) in [6.07, 6.45) is 6.27. The van der Waals surface area contributed by atoms with Crippen molar-refractivity contribution in [2.24, 2.45) is 5.41 Å². The third-order valence-corrected chi connectivity index (χ3v) is 6.79. The van der Waals surface area contributed by atoms with Crippen molar-refractivity contribution in [3.05, 3.63) is 58.4 Å². The van der Waals surface area contributed by atoms with Gasteiger partial charge in [0.2, 0.25) is 0 Å². The highest BCUT2D eigenvalue weighted by atomic mass is 16.5. The number of para-hydroxylation sites is 1. The minimum absolute atomic E-state index is 0.0589. The predicted octanol–water partition coefficient (Wildman–Crippen LogP) is 5.00. The molecule has 7 heteroatoms. The van der Waals surface area contributed by atoms with Crippen molar-refractivity contribution in [3.8, 4) is 28.4 Å². The first kappa shape index (κ1) is 21.5. The van der Waals surface area contributed by atoms with E-state index in [0.29, 0.717) is 12.2 Å². The highest BCUT2D eigenvalue weighted by molar-refractivity contribution is 5.87. The Morgan fingerprint density at radius 3 is 2.55 bits per heavy atom. The minimum Gasteiger partial charge on any atom is -0.490 e. The number of carboxylic acids is 1. The molecule has 0 spiro atoms. The van der Waals surface area contributed by atoms with Crippen molar-refractivity contribution in [1.29, 1.82) is 0 Å². The topological polar surface area (TPSA) is 86.3 Å². The van der Waals surface area contributed by atoms with Crippen LogP contribution in [0.1, 0.15) is 62.9 Å². The highest BCUT2D eigenvalue weighted by Crippen LogP contribution is 2.41. The summed E-state index contributed by atoms with van der Waals surface area (Å²) < 4.78 is 10.2. The lowest BCUT2D eigenvalue weighted by atomic mass is 9.85. The molecule has 2 aromatic heterocycles. The van der Waals surface area contributed by atoms with Crippen molar-refractivity contribution < 1.29 is 14.6 Å². The van der Waals surface area contributed by atoms with E-state index in [1.54, 1.807) is 0 Å². The molecule has 5 rings (SSSR count). The van der Waals surface area contributed by atoms with Gasteiger partial charge in [0.25, 0.3) is 0 Å². The first-order valence-electron chi connectivity index (χ1n) is 11.6. The Morgan fingerprint density at radius 1 is 1.12 bits per heavy atom. The number of carbonyl (C=O) groups is 1. The molecule has 1 fully saturated rings. The van der Waals surface area contributed by atoms with Crippen LogP contribution in [0.5, 0.6) is 5.75 Å². The fraction of sp³-hybridized carbons (Fsp3) is 0.423. The first-order chi connectivity index (χ1) is 15.7. The Labute approximate surface area is 192 Å². The van der Waals surface area contributed by atoms with Gasteiger partial charge in [0, 0.05) is 17.8 Å². The van der Waals surface area contributed by atoms with Crippen LogP contribution in [-0.2, 0) is 6.54 Å². The Bertz CT molecular complexity index is 1280. The number of benzene rings is 1. The molecule has 3 heterocycles. The fourth-order valence-corrected chi connectivity index (χ4v) is 4.98. The molecule has 1 aromatic carbocycles. The van der Waals surface area contributed by atoms with E-state index in [-0.39, 0.29) is 23.1 Å². The molecule has 0 saturated heterocycles. The van der Waals surface area contributed by atoms with Gasteiger partial charge < -0.3 is 14.4 Å². The van der Waals surface area contributed by atoms with E-state index < -0.39 is 11.4 Å². The highest BCUT2D eigenvalue weighted by Gasteiger charge is 2.34. The van der Waals surface area contributed by atoms with Crippen molar-refractivity contribution in [2.75, 3.05) is 0 Å². The maximum atomic E-state index is 12.6. The van der Waals surface area contributed by atoms with Gasteiger partial charge in [-0.05, 0) is 49.3 Å². The van der Waals surface area contributed by atoms with Gasteiger partial charge in [0.1, 0.15) is 11.3 Å². The zero-order valence-electron chi connectivity index (χ0n) is 19.2. The lowest BCUT2D eigenvalue weighted by Gasteiger charge is -2.38. The van der Waals surface area contributed by atoms with Crippen LogP contribution in [0.25, 0.3) is 22.6 Å². The van der Waals surface area contributed by atoms with Crippen LogP contribution in [0, 0.1) is 5.41 Å². The number of rotatable bonds is 4. The average Bonchev–Trinajstić information content (AvgIpc) is 3.42. The quantitative estimate of drug-likeness (QED) is 0.608. The molecule has 2 aliphatic rings. The molecule has 33 heavy (non-hydrogen) atoms. The molecular weight excluding hydrogens is 418 g/mol. The number of aromatic carboxylic acids is 1. The summed E-state index contributed by atoms with van der Waals surface area (Å²) >= 11 is 0. The van der Waals surface area contributed by atoms with Crippen molar-refractivity contribution in [1.82, 2.24) is 14.3 Å². The summed E-state index contributed by atoms with van der Waals surface area (Å²) in [5, 5.41) is 14.4. The number of hydrogen-bond acceptors (Lipinski definition) is 4. The normalized spacial score (nSPS) is 18.1. The maximum absolute atomic E-state index is 12.6. The smallest absolute Gasteiger partial charge is 0.341 e. The molecule has 0 unspecified atom stereocenters. The van der Waals surface area contributed by atoms with Gasteiger partial charge in [-0.2, -0.15) is 5.10 Å². The van der Waals surface area contributed by atoms with E-state index in [9.17, 15) is 14.7 Å². The number of pyridine rings is 1. The molecule has 0 bridgehead atoms. The molecule has 1 N–H and O–H groups in total. The summed E-state index contributed by atoms with van der Waals surface area (Å²) in [7, 11) is 0. The van der Waals surface area contributed by atoms with Crippen molar-refractivity contribution in [3.63, 3.8) is 0 Å². The molecule has 7 nitrogen and oxygen atoms in total. The number of ether oxygens (including phenoxy) is 1. The summed E-state index contributed by atoms with van der Waals surface area (Å²) in [5.41, 5.74) is 2.31. The van der Waals surface area contributed by atoms with Crippen LogP contribution in [-0.4, -0.2) is 31.5 Å². The zero-order valence-corrected chi connectivity index (χ0v) is 19.2. The first-order valence-corrected chi connectivity index (χ1v) is 11.6. The fourth-order valence-electron chi connectivity index (χ4n) is 4.98. The Hall–Kier alpha value is -3.35. The van der Waals surface area contributed by atoms with Crippen LogP contribution in [0.15, 0.2) is 47.4 Å². The monoisotopic (exact) mass is 447 g/mol. The Morgan fingerprint density at radius 2 is 1.85 bits per heavy atom. The average molecular weight is 448 g/mol. The third kappa shape index (κ3) is 3.86. The van der Waals surface area contributed by atoms with Gasteiger partial charge in [-0.3, -0.25) is 9.48 Å². The van der Waals surface area contributed by atoms with Gasteiger partial charge in [-0.1, -0.05) is 32.9 Å². The molecule has 0 radical (unpaired) electrons. The maximum Gasteiger partial charge on any atom is 0.341 e. The molecule has 1 aliphatic carbocycles. The summed E-state index contributed by atoms with van der Waals surface area (Å²) in [4.78, 5) is 24.2. The summed E-state index contributed by atoms with van der Waals surface area (Å²) in [6, 6.07) is 11.3. The molecule has 172 valence electrons. The lowest BCUT2D eigenvalue weighted by Crippen LogP contribution is -2.35. The molecule has 3 aromatic rings. The van der Waals surface area contributed by atoms with Crippen LogP contribution >= 0.6 is 0 Å². The van der Waals surface area contributed by atoms with E-state index in [2.05, 4.69) is 20.8 Å². The van der Waals surface area contributed by atoms with E-state index in [4.69, 9.17) is 9.84 Å². The molecule has 1 atom stereocenters. The third-order valence-electron chi connectivity index (χ3n) is 6.79. The van der Waals surface area contributed by atoms with Crippen LogP contribution in [0.3, 0.4) is 0 Å². The molecular formula is C26H29N3O4. The van der Waals surface area contributed by atoms with Gasteiger partial charge in [0.05, 0.1) is 35.8 Å². The van der Waals surface area contributed by atoms with Crippen molar-refractivity contribution >= 4 is 5.97 Å². The van der Waals surface area contributed by atoms with Crippen LogP contribution in [0.4, 0.5) is 0 Å². The standard InChI is InChI=1S/C26H29N3O4/c1-26(2,3)24-15-29-21(20-13-22(30)18(25(31)32)14-28(20)24)12-19(27-29)17-10-6-7-11-23(17)33-16-8-4-5-9-16/h6-7,10-14,16,24H,4-5,8-9,15H2,1-3H3,(H,31,32)/t24-/m0/s1. The van der Waals surface area contributed by atoms with E-state index in [0.717, 1.165) is 35.5 Å². The van der Waals surface area contributed by atoms with Gasteiger partial charge in [-0.15, -0.1) is 0 Å².